The minimum atomic E-state index is 0.581. The highest BCUT2D eigenvalue weighted by Crippen LogP contribution is 2.29. The Morgan fingerprint density at radius 2 is 2.08 bits per heavy atom. The van der Waals surface area contributed by atoms with Crippen LogP contribution in [0.25, 0.3) is 11.2 Å². The van der Waals surface area contributed by atoms with Gasteiger partial charge in [0.25, 0.3) is 0 Å². The maximum Gasteiger partial charge on any atom is 0.180 e. The first-order valence-electron chi connectivity index (χ1n) is 8.52. The summed E-state index contributed by atoms with van der Waals surface area (Å²) in [7, 11) is 0. The molecule has 1 aliphatic rings. The van der Waals surface area contributed by atoms with Gasteiger partial charge in [0.1, 0.15) is 11.3 Å². The Balaban J connectivity index is 1.40. The molecule has 1 atom stereocenters. The summed E-state index contributed by atoms with van der Waals surface area (Å²) in [5.74, 6) is 1.43. The van der Waals surface area contributed by atoms with Crippen LogP contribution in [0.15, 0.2) is 42.7 Å². The van der Waals surface area contributed by atoms with Crippen molar-refractivity contribution in [3.05, 3.63) is 53.3 Å². The van der Waals surface area contributed by atoms with Crippen LogP contribution in [0.3, 0.4) is 0 Å². The van der Waals surface area contributed by atoms with Gasteiger partial charge >= 0.3 is 0 Å². The third kappa shape index (κ3) is 3.51. The Morgan fingerprint density at radius 1 is 1.20 bits per heavy atom. The monoisotopic (exact) mass is 353 g/mol. The van der Waals surface area contributed by atoms with E-state index in [2.05, 4.69) is 44.2 Å². The van der Waals surface area contributed by atoms with Gasteiger partial charge in [-0.2, -0.15) is 0 Å². The van der Waals surface area contributed by atoms with Crippen LogP contribution in [0.2, 0.25) is 5.02 Å². The van der Waals surface area contributed by atoms with Gasteiger partial charge in [0.15, 0.2) is 5.65 Å². The highest BCUT2D eigenvalue weighted by Gasteiger charge is 2.23. The van der Waals surface area contributed by atoms with E-state index in [4.69, 9.17) is 11.6 Å². The number of fused-ring (bicyclic) bond motifs is 1. The lowest BCUT2D eigenvalue weighted by molar-refractivity contribution is 0.621. The number of nitrogens with one attached hydrogen (secondary N) is 1. The quantitative estimate of drug-likeness (QED) is 0.770. The molecule has 128 valence electrons. The molecule has 1 aromatic carbocycles. The summed E-state index contributed by atoms with van der Waals surface area (Å²) in [6, 6.07) is 10.0. The number of aromatic nitrogens is 3. The van der Waals surface area contributed by atoms with Crippen LogP contribution in [-0.2, 0) is 0 Å². The molecule has 4 rings (SSSR count). The second-order valence-corrected chi connectivity index (χ2v) is 6.94. The van der Waals surface area contributed by atoms with Gasteiger partial charge in [0.05, 0.1) is 0 Å². The Hall–Kier alpha value is -2.40. The van der Waals surface area contributed by atoms with Gasteiger partial charge in [-0.05, 0) is 49.1 Å². The minimum absolute atomic E-state index is 0.581. The van der Waals surface area contributed by atoms with Crippen molar-refractivity contribution in [3.63, 3.8) is 0 Å². The largest absolute Gasteiger partial charge is 0.371 e. The molecule has 1 fully saturated rings. The first-order chi connectivity index (χ1) is 12.2. The number of benzene rings is 1. The predicted octanol–water partition coefficient (Wildman–Crippen LogP) is 3.93. The van der Waals surface area contributed by atoms with E-state index in [0.717, 1.165) is 42.4 Å². The Labute approximate surface area is 152 Å². The zero-order valence-corrected chi connectivity index (χ0v) is 14.9. The molecule has 0 saturated carbocycles. The number of nitrogens with zero attached hydrogens (tertiary/aromatic N) is 4. The lowest BCUT2D eigenvalue weighted by Crippen LogP contribution is -2.23. The number of anilines is 2. The predicted molar refractivity (Wildman–Crippen MR) is 102 cm³/mol. The summed E-state index contributed by atoms with van der Waals surface area (Å²) >= 11 is 6.16. The van der Waals surface area contributed by atoms with Gasteiger partial charge < -0.3 is 10.2 Å². The molecule has 1 saturated heterocycles. The maximum absolute atomic E-state index is 6.16. The number of aryl methyl sites for hydroxylation is 1. The van der Waals surface area contributed by atoms with Gasteiger partial charge in [0, 0.05) is 42.7 Å². The molecule has 6 heteroatoms. The molecule has 5 nitrogen and oxygen atoms in total. The van der Waals surface area contributed by atoms with E-state index in [1.165, 1.54) is 11.3 Å². The van der Waals surface area contributed by atoms with Crippen molar-refractivity contribution in [2.24, 2.45) is 5.92 Å². The van der Waals surface area contributed by atoms with E-state index >= 15 is 0 Å². The van der Waals surface area contributed by atoms with E-state index in [1.54, 1.807) is 12.4 Å². The highest BCUT2D eigenvalue weighted by molar-refractivity contribution is 6.30. The molecule has 1 aliphatic heterocycles. The normalized spacial score (nSPS) is 17.2. The number of hydrogen-bond donors (Lipinski definition) is 1. The standard InChI is InChI=1S/C19H20ClN5/c1-13-2-3-15(20)10-17(13)25-9-6-14(12-25)11-23-18-5-4-16-19(24-18)22-8-7-21-16/h2-5,7-8,10,14H,6,9,11-12H2,1H3,(H,22,23,24). The SMILES string of the molecule is Cc1ccc(Cl)cc1N1CCC(CNc2ccc3nccnc3n2)C1. The van der Waals surface area contributed by atoms with Gasteiger partial charge in [0.2, 0.25) is 0 Å². The molecule has 0 spiro atoms. The van der Waals surface area contributed by atoms with Crippen molar-refractivity contribution >= 4 is 34.3 Å². The average Bonchev–Trinajstić information content (AvgIpc) is 3.10. The van der Waals surface area contributed by atoms with Crippen molar-refractivity contribution in [2.75, 3.05) is 29.9 Å². The number of hydrogen-bond acceptors (Lipinski definition) is 5. The first kappa shape index (κ1) is 16.1. The van der Waals surface area contributed by atoms with Crippen LogP contribution in [0.1, 0.15) is 12.0 Å². The van der Waals surface area contributed by atoms with Crippen LogP contribution in [0, 0.1) is 12.8 Å². The molecule has 3 heterocycles. The third-order valence-corrected chi connectivity index (χ3v) is 4.94. The molecule has 0 aliphatic carbocycles. The second-order valence-electron chi connectivity index (χ2n) is 6.51. The molecule has 1 unspecified atom stereocenters. The summed E-state index contributed by atoms with van der Waals surface area (Å²) in [5.41, 5.74) is 4.01. The Kier molecular flexibility index (Phi) is 4.40. The van der Waals surface area contributed by atoms with Crippen LogP contribution in [0.5, 0.6) is 0 Å². The van der Waals surface area contributed by atoms with Gasteiger partial charge in [-0.25, -0.2) is 9.97 Å². The molecule has 1 N–H and O–H groups in total. The lowest BCUT2D eigenvalue weighted by atomic mass is 10.1. The minimum Gasteiger partial charge on any atom is -0.371 e. The van der Waals surface area contributed by atoms with Crippen molar-refractivity contribution in [1.82, 2.24) is 15.0 Å². The van der Waals surface area contributed by atoms with Gasteiger partial charge in [-0.3, -0.25) is 4.98 Å². The number of pyridine rings is 1. The van der Waals surface area contributed by atoms with E-state index < -0.39 is 0 Å². The second kappa shape index (κ2) is 6.84. The summed E-state index contributed by atoms with van der Waals surface area (Å²) < 4.78 is 0. The molecular formula is C19H20ClN5. The fraction of sp³-hybridized carbons (Fsp3) is 0.316. The molecule has 0 radical (unpaired) electrons. The fourth-order valence-electron chi connectivity index (χ4n) is 3.34. The van der Waals surface area contributed by atoms with Gasteiger partial charge in [-0.15, -0.1) is 0 Å². The summed E-state index contributed by atoms with van der Waals surface area (Å²) in [6.07, 6.45) is 4.51. The van der Waals surface area contributed by atoms with Gasteiger partial charge in [-0.1, -0.05) is 17.7 Å². The molecular weight excluding hydrogens is 334 g/mol. The van der Waals surface area contributed by atoms with Crippen molar-refractivity contribution in [2.45, 2.75) is 13.3 Å². The average molecular weight is 354 g/mol. The highest BCUT2D eigenvalue weighted by atomic mass is 35.5. The van der Waals surface area contributed by atoms with E-state index in [9.17, 15) is 0 Å². The summed E-state index contributed by atoms with van der Waals surface area (Å²) in [4.78, 5) is 15.5. The zero-order valence-electron chi connectivity index (χ0n) is 14.1. The Bertz CT molecular complexity index is 898. The molecule has 3 aromatic rings. The number of rotatable bonds is 4. The fourth-order valence-corrected chi connectivity index (χ4v) is 3.51. The summed E-state index contributed by atoms with van der Waals surface area (Å²) in [5, 5.41) is 4.24. The zero-order chi connectivity index (χ0) is 17.2. The first-order valence-corrected chi connectivity index (χ1v) is 8.89. The molecule has 0 amide bonds. The smallest absolute Gasteiger partial charge is 0.180 e. The topological polar surface area (TPSA) is 53.9 Å². The van der Waals surface area contributed by atoms with E-state index in [-0.39, 0.29) is 0 Å². The van der Waals surface area contributed by atoms with Crippen LogP contribution in [-0.4, -0.2) is 34.6 Å². The number of halogens is 1. The van der Waals surface area contributed by atoms with Crippen molar-refractivity contribution < 1.29 is 0 Å². The molecule has 25 heavy (non-hydrogen) atoms. The van der Waals surface area contributed by atoms with Crippen molar-refractivity contribution in [1.29, 1.82) is 0 Å². The van der Waals surface area contributed by atoms with Crippen LogP contribution in [0.4, 0.5) is 11.5 Å². The van der Waals surface area contributed by atoms with E-state index in [0.29, 0.717) is 11.6 Å². The van der Waals surface area contributed by atoms with E-state index in [1.807, 2.05) is 18.2 Å². The van der Waals surface area contributed by atoms with Crippen LogP contribution < -0.4 is 10.2 Å². The van der Waals surface area contributed by atoms with Crippen LogP contribution >= 0.6 is 11.6 Å². The Morgan fingerprint density at radius 3 is 3.00 bits per heavy atom. The molecule has 2 aromatic heterocycles. The molecule has 0 bridgehead atoms. The lowest BCUT2D eigenvalue weighted by Gasteiger charge is -2.21. The third-order valence-electron chi connectivity index (χ3n) is 4.70. The van der Waals surface area contributed by atoms with Crippen molar-refractivity contribution in [3.8, 4) is 0 Å². The summed E-state index contributed by atoms with van der Waals surface area (Å²) in [6.45, 7) is 5.12. The maximum atomic E-state index is 6.16.